The number of carboxylic acids is 1. The number of aliphatic carboxylic acids is 1. The molecule has 1 unspecified atom stereocenters. The Morgan fingerprint density at radius 2 is 2.12 bits per heavy atom. The minimum Gasteiger partial charge on any atom is -0.481 e. The van der Waals surface area contributed by atoms with Gasteiger partial charge in [0.05, 0.1) is 18.1 Å². The molecule has 176 valence electrons. The molecule has 2 atom stereocenters. The number of urea groups is 1. The Kier molecular flexibility index (Phi) is 7.56. The first-order chi connectivity index (χ1) is 15.0. The fraction of sp³-hybridized carbons (Fsp3) is 0.600. The van der Waals surface area contributed by atoms with Gasteiger partial charge in [0, 0.05) is 24.9 Å². The van der Waals surface area contributed by atoms with Crippen molar-refractivity contribution >= 4 is 23.6 Å². The quantitative estimate of drug-likeness (QED) is 0.561. The van der Waals surface area contributed by atoms with Crippen molar-refractivity contribution in [2.75, 3.05) is 13.7 Å². The summed E-state index contributed by atoms with van der Waals surface area (Å²) >= 11 is 6.72. The van der Waals surface area contributed by atoms with E-state index in [0.29, 0.717) is 6.42 Å². The molecule has 1 aromatic rings. The number of carboxylic acid groups (broad SMARTS) is 1. The van der Waals surface area contributed by atoms with Crippen LogP contribution in [0.2, 0.25) is 5.02 Å². The van der Waals surface area contributed by atoms with Crippen molar-refractivity contribution in [1.29, 1.82) is 0 Å². The number of rotatable bonds is 7. The van der Waals surface area contributed by atoms with Crippen LogP contribution in [0.5, 0.6) is 0 Å². The monoisotopic (exact) mass is 462 g/mol. The van der Waals surface area contributed by atoms with Gasteiger partial charge in [0.25, 0.3) is 0 Å². The lowest BCUT2D eigenvalue weighted by molar-refractivity contribution is -0.137. The average molecular weight is 463 g/mol. The predicted molar refractivity (Wildman–Crippen MR) is 126 cm³/mol. The van der Waals surface area contributed by atoms with Crippen LogP contribution in [0.3, 0.4) is 0 Å². The maximum absolute atomic E-state index is 13.0. The molecule has 6 nitrogen and oxygen atoms in total. The number of hydrogen-bond acceptors (Lipinski definition) is 3. The van der Waals surface area contributed by atoms with Gasteiger partial charge >= 0.3 is 12.0 Å². The van der Waals surface area contributed by atoms with Crippen molar-refractivity contribution in [2.45, 2.75) is 77.4 Å². The smallest absolute Gasteiger partial charge is 0.322 e. The van der Waals surface area contributed by atoms with E-state index < -0.39 is 11.5 Å². The van der Waals surface area contributed by atoms with E-state index in [1.54, 1.807) is 7.11 Å². The standard InChI is InChI=1S/C25H35ClN2O4/c1-24(2,3)12-9-17-7-8-18(15-21(17)26)25-11-5-6-20(32-4)14-19(25)16-28(23(31)27-25)13-10-22(29)30/h7-8,15-16,20H,5-6,9-14H2,1-4H3,(H,27,31)(H,29,30)/t20?,25-/m0/s1. The van der Waals surface area contributed by atoms with E-state index in [-0.39, 0.29) is 30.5 Å². The normalized spacial score (nSPS) is 23.8. The molecule has 2 N–H and O–H groups in total. The maximum Gasteiger partial charge on any atom is 0.322 e. The molecule has 1 fully saturated rings. The van der Waals surface area contributed by atoms with E-state index >= 15 is 0 Å². The van der Waals surface area contributed by atoms with Crippen LogP contribution in [0.4, 0.5) is 4.79 Å². The molecule has 0 spiro atoms. The Morgan fingerprint density at radius 3 is 2.75 bits per heavy atom. The summed E-state index contributed by atoms with van der Waals surface area (Å²) in [5, 5.41) is 13.0. The first-order valence-corrected chi connectivity index (χ1v) is 11.8. The number of amides is 2. The Morgan fingerprint density at radius 1 is 1.38 bits per heavy atom. The van der Waals surface area contributed by atoms with Crippen LogP contribution in [0, 0.1) is 5.41 Å². The molecule has 1 saturated carbocycles. The predicted octanol–water partition coefficient (Wildman–Crippen LogP) is 5.49. The van der Waals surface area contributed by atoms with Gasteiger partial charge in [-0.3, -0.25) is 4.79 Å². The Bertz CT molecular complexity index is 892. The second-order valence-corrected chi connectivity index (χ2v) is 10.6. The number of carbonyl (C=O) groups is 2. The first kappa shape index (κ1) is 24.6. The first-order valence-electron chi connectivity index (χ1n) is 11.4. The van der Waals surface area contributed by atoms with Crippen LogP contribution in [0.15, 0.2) is 30.0 Å². The van der Waals surface area contributed by atoms with Gasteiger partial charge in [-0.1, -0.05) is 44.5 Å². The average Bonchev–Trinajstić information content (AvgIpc) is 2.89. The third-order valence-corrected chi connectivity index (χ3v) is 6.91. The highest BCUT2D eigenvalue weighted by Gasteiger charge is 2.44. The number of nitrogens with one attached hydrogen (secondary N) is 1. The van der Waals surface area contributed by atoms with Crippen LogP contribution in [0.25, 0.3) is 0 Å². The van der Waals surface area contributed by atoms with Crippen molar-refractivity contribution in [3.63, 3.8) is 0 Å². The molecule has 2 aliphatic rings. The van der Waals surface area contributed by atoms with Gasteiger partial charge in [0.15, 0.2) is 0 Å². The van der Waals surface area contributed by atoms with Crippen molar-refractivity contribution in [3.05, 3.63) is 46.1 Å². The Labute approximate surface area is 196 Å². The van der Waals surface area contributed by atoms with Gasteiger partial charge in [0.2, 0.25) is 0 Å². The minimum atomic E-state index is -0.929. The Hall–Kier alpha value is -2.05. The molecule has 3 rings (SSSR count). The van der Waals surface area contributed by atoms with Gasteiger partial charge in [-0.15, -0.1) is 0 Å². The SMILES string of the molecule is COC1CCC[C@@]2(c3ccc(CCC(C)(C)C)c(Cl)c3)NC(=O)N(CCC(=O)O)C=C2C1. The van der Waals surface area contributed by atoms with Gasteiger partial charge in [-0.25, -0.2) is 4.79 Å². The highest BCUT2D eigenvalue weighted by Crippen LogP contribution is 2.44. The summed E-state index contributed by atoms with van der Waals surface area (Å²) in [6.07, 6.45) is 6.94. The zero-order valence-electron chi connectivity index (χ0n) is 19.5. The lowest BCUT2D eigenvalue weighted by Gasteiger charge is -2.43. The zero-order chi connectivity index (χ0) is 23.5. The lowest BCUT2D eigenvalue weighted by atomic mass is 9.77. The summed E-state index contributed by atoms with van der Waals surface area (Å²) in [5.41, 5.74) is 2.68. The van der Waals surface area contributed by atoms with E-state index in [0.717, 1.165) is 53.8 Å². The number of fused-ring (bicyclic) bond motifs is 1. The molecule has 1 aromatic carbocycles. The minimum absolute atomic E-state index is 0.0565. The molecule has 0 aromatic heterocycles. The molecule has 0 saturated heterocycles. The molecule has 0 radical (unpaired) electrons. The van der Waals surface area contributed by atoms with E-state index in [1.807, 2.05) is 12.3 Å². The topological polar surface area (TPSA) is 78.9 Å². The van der Waals surface area contributed by atoms with Gasteiger partial charge in [-0.05, 0) is 66.7 Å². The van der Waals surface area contributed by atoms with Crippen LogP contribution in [0.1, 0.15) is 70.4 Å². The number of benzene rings is 1. The second kappa shape index (κ2) is 9.84. The van der Waals surface area contributed by atoms with Crippen LogP contribution >= 0.6 is 11.6 Å². The number of hydrogen-bond donors (Lipinski definition) is 2. The number of aryl methyl sites for hydroxylation is 1. The van der Waals surface area contributed by atoms with Crippen LogP contribution < -0.4 is 5.32 Å². The number of carbonyl (C=O) groups excluding carboxylic acids is 1. The fourth-order valence-electron chi connectivity index (χ4n) is 4.59. The highest BCUT2D eigenvalue weighted by atomic mass is 35.5. The van der Waals surface area contributed by atoms with Gasteiger partial charge in [-0.2, -0.15) is 0 Å². The maximum atomic E-state index is 13.0. The molecule has 1 aliphatic carbocycles. The Balaban J connectivity index is 1.97. The zero-order valence-corrected chi connectivity index (χ0v) is 20.3. The summed E-state index contributed by atoms with van der Waals surface area (Å²) in [6.45, 7) is 6.79. The number of methoxy groups -OCH3 is 1. The van der Waals surface area contributed by atoms with E-state index in [4.69, 9.17) is 21.4 Å². The van der Waals surface area contributed by atoms with E-state index in [1.165, 1.54) is 4.90 Å². The summed E-state index contributed by atoms with van der Waals surface area (Å²) in [6, 6.07) is 5.88. The number of halogens is 1. The third-order valence-electron chi connectivity index (χ3n) is 6.56. The van der Waals surface area contributed by atoms with Gasteiger partial charge in [0.1, 0.15) is 0 Å². The summed E-state index contributed by atoms with van der Waals surface area (Å²) in [7, 11) is 1.71. The van der Waals surface area contributed by atoms with Crippen LogP contribution in [-0.4, -0.2) is 41.8 Å². The highest BCUT2D eigenvalue weighted by molar-refractivity contribution is 6.31. The number of nitrogens with zero attached hydrogens (tertiary/aromatic N) is 1. The molecule has 0 bridgehead atoms. The third kappa shape index (κ3) is 5.65. The molecular weight excluding hydrogens is 428 g/mol. The van der Waals surface area contributed by atoms with Crippen molar-refractivity contribution in [2.24, 2.45) is 5.41 Å². The van der Waals surface area contributed by atoms with Crippen molar-refractivity contribution in [3.8, 4) is 0 Å². The van der Waals surface area contributed by atoms with E-state index in [9.17, 15) is 9.59 Å². The van der Waals surface area contributed by atoms with Crippen molar-refractivity contribution in [1.82, 2.24) is 10.2 Å². The molecule has 7 heteroatoms. The van der Waals surface area contributed by atoms with Gasteiger partial charge < -0.3 is 20.1 Å². The molecule has 1 heterocycles. The lowest BCUT2D eigenvalue weighted by Crippen LogP contribution is -2.55. The molecule has 2 amide bonds. The largest absolute Gasteiger partial charge is 0.481 e. The van der Waals surface area contributed by atoms with E-state index in [2.05, 4.69) is 38.2 Å². The molecular formula is C25H35ClN2O4. The number of ether oxygens (including phenoxy) is 1. The van der Waals surface area contributed by atoms with Crippen LogP contribution in [-0.2, 0) is 21.5 Å². The van der Waals surface area contributed by atoms with Crippen molar-refractivity contribution < 1.29 is 19.4 Å². The second-order valence-electron chi connectivity index (χ2n) is 10.1. The summed E-state index contributed by atoms with van der Waals surface area (Å²) in [4.78, 5) is 25.5. The fourth-order valence-corrected chi connectivity index (χ4v) is 4.87. The summed E-state index contributed by atoms with van der Waals surface area (Å²) in [5.74, 6) is -0.929. The molecule has 32 heavy (non-hydrogen) atoms. The summed E-state index contributed by atoms with van der Waals surface area (Å²) < 4.78 is 5.68. The molecule has 1 aliphatic heterocycles.